The van der Waals surface area contributed by atoms with Crippen LogP contribution in [0.3, 0.4) is 0 Å². The van der Waals surface area contributed by atoms with E-state index in [1.54, 1.807) is 30.5 Å². The highest BCUT2D eigenvalue weighted by molar-refractivity contribution is 6.30. The minimum atomic E-state index is -0.484. The molecule has 0 radical (unpaired) electrons. The first-order chi connectivity index (χ1) is 11.5. The van der Waals surface area contributed by atoms with Crippen molar-refractivity contribution in [3.63, 3.8) is 0 Å². The van der Waals surface area contributed by atoms with Gasteiger partial charge in [0, 0.05) is 22.3 Å². The summed E-state index contributed by atoms with van der Waals surface area (Å²) in [6, 6.07) is 15.2. The van der Waals surface area contributed by atoms with E-state index in [4.69, 9.17) is 17.3 Å². The Balaban J connectivity index is 1.92. The molecule has 0 aliphatic rings. The molecule has 0 unspecified atom stereocenters. The predicted octanol–water partition coefficient (Wildman–Crippen LogP) is 4.23. The van der Waals surface area contributed by atoms with Gasteiger partial charge in [0.25, 0.3) is 0 Å². The molecule has 0 atom stereocenters. The van der Waals surface area contributed by atoms with Gasteiger partial charge in [-0.25, -0.2) is 4.39 Å². The highest BCUT2D eigenvalue weighted by Gasteiger charge is 2.06. The van der Waals surface area contributed by atoms with Gasteiger partial charge in [0.05, 0.1) is 5.69 Å². The second-order valence-electron chi connectivity index (χ2n) is 5.45. The van der Waals surface area contributed by atoms with Gasteiger partial charge < -0.3 is 5.73 Å². The van der Waals surface area contributed by atoms with Crippen molar-refractivity contribution in [2.75, 3.05) is 0 Å². The molecular formula is C19H14ClFN2O. The van der Waals surface area contributed by atoms with Gasteiger partial charge in [0.1, 0.15) is 5.82 Å². The average molecular weight is 341 g/mol. The van der Waals surface area contributed by atoms with Crippen LogP contribution in [0.1, 0.15) is 21.5 Å². The number of carbonyl (C=O) groups excluding carboxylic acids is 1. The Labute approximate surface area is 143 Å². The molecule has 3 nitrogen and oxygen atoms in total. The van der Waals surface area contributed by atoms with Gasteiger partial charge in [-0.1, -0.05) is 23.7 Å². The van der Waals surface area contributed by atoms with Crippen molar-refractivity contribution in [2.45, 2.75) is 6.42 Å². The normalized spacial score (nSPS) is 10.6. The lowest BCUT2D eigenvalue weighted by molar-refractivity contribution is 0.100. The van der Waals surface area contributed by atoms with E-state index < -0.39 is 5.91 Å². The third kappa shape index (κ3) is 3.78. The average Bonchev–Trinajstić information content (AvgIpc) is 2.54. The number of hydrogen-bond donors (Lipinski definition) is 1. The molecule has 0 saturated carbocycles. The van der Waals surface area contributed by atoms with E-state index >= 15 is 0 Å². The van der Waals surface area contributed by atoms with Gasteiger partial charge in [-0.15, -0.1) is 0 Å². The summed E-state index contributed by atoms with van der Waals surface area (Å²) in [5, 5.41) is 0.369. The molecule has 5 heteroatoms. The molecular weight excluding hydrogens is 327 g/mol. The molecule has 3 aromatic rings. The topological polar surface area (TPSA) is 56.0 Å². The van der Waals surface area contributed by atoms with E-state index in [1.165, 1.54) is 12.1 Å². The summed E-state index contributed by atoms with van der Waals surface area (Å²) < 4.78 is 13.5. The van der Waals surface area contributed by atoms with E-state index in [-0.39, 0.29) is 5.82 Å². The number of hydrogen-bond acceptors (Lipinski definition) is 2. The van der Waals surface area contributed by atoms with Crippen LogP contribution in [0.4, 0.5) is 4.39 Å². The maximum atomic E-state index is 13.5. The second kappa shape index (κ2) is 6.81. The third-order valence-corrected chi connectivity index (χ3v) is 3.82. The first-order valence-corrected chi connectivity index (χ1v) is 7.69. The number of primary amides is 1. The lowest BCUT2D eigenvalue weighted by Crippen LogP contribution is -2.10. The number of amides is 1. The Hall–Kier alpha value is -2.72. The van der Waals surface area contributed by atoms with Gasteiger partial charge in [-0.2, -0.15) is 0 Å². The van der Waals surface area contributed by atoms with Gasteiger partial charge in [-0.3, -0.25) is 9.78 Å². The zero-order valence-corrected chi connectivity index (χ0v) is 13.4. The van der Waals surface area contributed by atoms with Crippen LogP contribution in [-0.4, -0.2) is 10.9 Å². The van der Waals surface area contributed by atoms with E-state index in [0.717, 1.165) is 22.4 Å². The molecule has 2 N–H and O–H groups in total. The van der Waals surface area contributed by atoms with Crippen LogP contribution in [0.15, 0.2) is 60.8 Å². The number of pyridine rings is 1. The fourth-order valence-electron chi connectivity index (χ4n) is 2.52. The molecule has 3 rings (SSSR count). The Kier molecular flexibility index (Phi) is 4.58. The highest BCUT2D eigenvalue weighted by atomic mass is 35.5. The Morgan fingerprint density at radius 1 is 1.08 bits per heavy atom. The fraction of sp³-hybridized carbons (Fsp3) is 0.0526. The van der Waals surface area contributed by atoms with Crippen molar-refractivity contribution >= 4 is 17.5 Å². The highest BCUT2D eigenvalue weighted by Crippen LogP contribution is 2.22. The van der Waals surface area contributed by atoms with Crippen LogP contribution < -0.4 is 5.73 Å². The molecule has 0 aliphatic carbocycles. The lowest BCUT2D eigenvalue weighted by Gasteiger charge is -2.07. The maximum Gasteiger partial charge on any atom is 0.248 e. The number of rotatable bonds is 4. The quantitative estimate of drug-likeness (QED) is 0.772. The van der Waals surface area contributed by atoms with Crippen molar-refractivity contribution in [2.24, 2.45) is 5.73 Å². The van der Waals surface area contributed by atoms with Crippen molar-refractivity contribution in [3.05, 3.63) is 88.3 Å². The zero-order valence-electron chi connectivity index (χ0n) is 12.7. The van der Waals surface area contributed by atoms with Crippen LogP contribution >= 0.6 is 11.6 Å². The molecule has 24 heavy (non-hydrogen) atoms. The standard InChI is InChI=1S/C19H14ClFN2O/c20-16-7-13(8-17(21)11-16)6-12-4-5-23-18(9-12)14-2-1-3-15(10-14)19(22)24/h1-5,7-11H,6H2,(H2,22,24). The number of aromatic nitrogens is 1. The van der Waals surface area contributed by atoms with Crippen LogP contribution in [0.25, 0.3) is 11.3 Å². The smallest absolute Gasteiger partial charge is 0.248 e. The number of carbonyl (C=O) groups is 1. The molecule has 120 valence electrons. The van der Waals surface area contributed by atoms with Gasteiger partial charge >= 0.3 is 0 Å². The summed E-state index contributed by atoms with van der Waals surface area (Å²) in [6.45, 7) is 0. The monoisotopic (exact) mass is 340 g/mol. The molecule has 1 amide bonds. The Bertz CT molecular complexity index is 891. The molecule has 0 aliphatic heterocycles. The van der Waals surface area contributed by atoms with Crippen LogP contribution in [0.2, 0.25) is 5.02 Å². The number of nitrogens with two attached hydrogens (primary N) is 1. The summed E-state index contributed by atoms with van der Waals surface area (Å²) in [6.07, 6.45) is 2.21. The van der Waals surface area contributed by atoms with E-state index in [1.807, 2.05) is 18.2 Å². The largest absolute Gasteiger partial charge is 0.366 e. The number of halogens is 2. The minimum absolute atomic E-state index is 0.360. The Morgan fingerprint density at radius 3 is 2.67 bits per heavy atom. The molecule has 0 fully saturated rings. The second-order valence-corrected chi connectivity index (χ2v) is 5.89. The first kappa shape index (κ1) is 16.1. The predicted molar refractivity (Wildman–Crippen MR) is 92.4 cm³/mol. The van der Waals surface area contributed by atoms with Crippen molar-refractivity contribution < 1.29 is 9.18 Å². The van der Waals surface area contributed by atoms with Crippen molar-refractivity contribution in [1.29, 1.82) is 0 Å². The van der Waals surface area contributed by atoms with E-state index in [0.29, 0.717) is 17.0 Å². The SMILES string of the molecule is NC(=O)c1cccc(-c2cc(Cc3cc(F)cc(Cl)c3)ccn2)c1. The van der Waals surface area contributed by atoms with Gasteiger partial charge in [0.2, 0.25) is 5.91 Å². The van der Waals surface area contributed by atoms with Crippen LogP contribution in [0.5, 0.6) is 0 Å². The Morgan fingerprint density at radius 2 is 1.92 bits per heavy atom. The molecule has 0 spiro atoms. The van der Waals surface area contributed by atoms with Crippen LogP contribution in [0, 0.1) is 5.82 Å². The summed E-state index contributed by atoms with van der Waals surface area (Å²) in [5.41, 5.74) is 9.00. The summed E-state index contributed by atoms with van der Waals surface area (Å²) in [7, 11) is 0. The third-order valence-electron chi connectivity index (χ3n) is 3.60. The van der Waals surface area contributed by atoms with E-state index in [9.17, 15) is 9.18 Å². The van der Waals surface area contributed by atoms with Gasteiger partial charge in [-0.05, 0) is 60.0 Å². The molecule has 0 bridgehead atoms. The first-order valence-electron chi connectivity index (χ1n) is 7.31. The van der Waals surface area contributed by atoms with Crippen molar-refractivity contribution in [1.82, 2.24) is 4.98 Å². The van der Waals surface area contributed by atoms with Crippen LogP contribution in [-0.2, 0) is 6.42 Å². The summed E-state index contributed by atoms with van der Waals surface area (Å²) >= 11 is 5.89. The van der Waals surface area contributed by atoms with Crippen molar-refractivity contribution in [3.8, 4) is 11.3 Å². The molecule has 1 aromatic heterocycles. The van der Waals surface area contributed by atoms with E-state index in [2.05, 4.69) is 4.98 Å². The lowest BCUT2D eigenvalue weighted by atomic mass is 10.0. The molecule has 0 saturated heterocycles. The summed E-state index contributed by atoms with van der Waals surface area (Å²) in [5.74, 6) is -0.844. The molecule has 2 aromatic carbocycles. The number of benzene rings is 2. The summed E-state index contributed by atoms with van der Waals surface area (Å²) in [4.78, 5) is 15.6. The fourth-order valence-corrected chi connectivity index (χ4v) is 2.77. The zero-order chi connectivity index (χ0) is 17.1. The minimum Gasteiger partial charge on any atom is -0.366 e. The maximum absolute atomic E-state index is 13.5. The molecule has 1 heterocycles. The van der Waals surface area contributed by atoms with Gasteiger partial charge in [0.15, 0.2) is 0 Å². The number of nitrogens with zero attached hydrogens (tertiary/aromatic N) is 1.